The number of rotatable bonds is 5. The van der Waals surface area contributed by atoms with E-state index in [1.807, 2.05) is 42.2 Å². The second-order valence-electron chi connectivity index (χ2n) is 6.30. The van der Waals surface area contributed by atoms with Crippen LogP contribution < -0.4 is 0 Å². The predicted octanol–water partition coefficient (Wildman–Crippen LogP) is 3.38. The Morgan fingerprint density at radius 1 is 1.36 bits per heavy atom. The first-order valence-electron chi connectivity index (χ1n) is 7.88. The molecule has 4 heteroatoms. The van der Waals surface area contributed by atoms with Gasteiger partial charge in [0.1, 0.15) is 6.61 Å². The van der Waals surface area contributed by atoms with Crippen molar-refractivity contribution in [3.05, 3.63) is 48.0 Å². The van der Waals surface area contributed by atoms with Gasteiger partial charge in [-0.05, 0) is 25.3 Å². The van der Waals surface area contributed by atoms with Crippen LogP contribution in [0.2, 0.25) is 0 Å². The minimum Gasteiger partial charge on any atom is -0.445 e. The van der Waals surface area contributed by atoms with Gasteiger partial charge in [0.25, 0.3) is 0 Å². The van der Waals surface area contributed by atoms with E-state index in [4.69, 9.17) is 9.47 Å². The van der Waals surface area contributed by atoms with Crippen LogP contribution in [0.15, 0.2) is 42.5 Å². The summed E-state index contributed by atoms with van der Waals surface area (Å²) < 4.78 is 11.3. The van der Waals surface area contributed by atoms with Gasteiger partial charge < -0.3 is 14.4 Å². The van der Waals surface area contributed by atoms with E-state index in [-0.39, 0.29) is 12.2 Å². The zero-order chi connectivity index (χ0) is 15.5. The van der Waals surface area contributed by atoms with Crippen LogP contribution in [0.4, 0.5) is 4.79 Å². The molecule has 1 aromatic rings. The van der Waals surface area contributed by atoms with Gasteiger partial charge in [0.05, 0.1) is 12.7 Å². The van der Waals surface area contributed by atoms with Crippen molar-refractivity contribution in [2.24, 2.45) is 5.92 Å². The number of hydrogen-bond acceptors (Lipinski definition) is 3. The van der Waals surface area contributed by atoms with E-state index in [1.54, 1.807) is 0 Å². The quantitative estimate of drug-likeness (QED) is 0.783. The number of nitrogens with zero attached hydrogens (tertiary/aromatic N) is 1. The van der Waals surface area contributed by atoms with E-state index < -0.39 is 0 Å². The zero-order valence-electron chi connectivity index (χ0n) is 13.0. The normalized spacial score (nSPS) is 26.2. The Morgan fingerprint density at radius 2 is 2.14 bits per heavy atom. The molecule has 118 valence electrons. The number of likely N-dealkylation sites (tertiary alicyclic amines) is 1. The third-order valence-electron chi connectivity index (χ3n) is 4.32. The molecule has 1 saturated carbocycles. The standard InChI is InChI=1S/C18H23NO3/c1-13(2)11-21-17-8-9-19(16-10-15(16)17)18(20)22-12-14-6-4-3-5-7-14/h3-7,15-17H,1,8-12H2,2H3. The summed E-state index contributed by atoms with van der Waals surface area (Å²) in [6, 6.07) is 10.1. The highest BCUT2D eigenvalue weighted by atomic mass is 16.6. The van der Waals surface area contributed by atoms with Crippen molar-refractivity contribution in [3.63, 3.8) is 0 Å². The molecule has 4 nitrogen and oxygen atoms in total. The van der Waals surface area contributed by atoms with Crippen LogP contribution in [0.25, 0.3) is 0 Å². The van der Waals surface area contributed by atoms with Gasteiger partial charge in [-0.25, -0.2) is 4.79 Å². The summed E-state index contributed by atoms with van der Waals surface area (Å²) >= 11 is 0. The summed E-state index contributed by atoms with van der Waals surface area (Å²) in [4.78, 5) is 14.1. The van der Waals surface area contributed by atoms with Gasteiger partial charge in [-0.2, -0.15) is 0 Å². The molecule has 1 aliphatic carbocycles. The maximum absolute atomic E-state index is 12.2. The molecule has 22 heavy (non-hydrogen) atoms. The Bertz CT molecular complexity index is 543. The van der Waals surface area contributed by atoms with Crippen molar-refractivity contribution in [2.45, 2.75) is 38.5 Å². The Balaban J connectivity index is 1.47. The number of ether oxygens (including phenoxy) is 2. The topological polar surface area (TPSA) is 38.8 Å². The SMILES string of the molecule is C=C(C)COC1CCN(C(=O)OCc2ccccc2)C2CC12. The molecule has 0 bridgehead atoms. The molecule has 0 radical (unpaired) electrons. The second-order valence-corrected chi connectivity index (χ2v) is 6.30. The van der Waals surface area contributed by atoms with Crippen LogP contribution in [0.5, 0.6) is 0 Å². The maximum atomic E-state index is 12.2. The molecular weight excluding hydrogens is 278 g/mol. The number of benzene rings is 1. The number of amides is 1. The summed E-state index contributed by atoms with van der Waals surface area (Å²) in [7, 11) is 0. The van der Waals surface area contributed by atoms with Crippen LogP contribution >= 0.6 is 0 Å². The average molecular weight is 301 g/mol. The summed E-state index contributed by atoms with van der Waals surface area (Å²) in [5.74, 6) is 0.470. The Morgan fingerprint density at radius 3 is 2.86 bits per heavy atom. The first-order valence-corrected chi connectivity index (χ1v) is 7.88. The van der Waals surface area contributed by atoms with E-state index in [0.29, 0.717) is 25.2 Å². The Kier molecular flexibility index (Phi) is 4.48. The summed E-state index contributed by atoms with van der Waals surface area (Å²) in [6.07, 6.45) is 1.98. The van der Waals surface area contributed by atoms with E-state index in [0.717, 1.165) is 30.5 Å². The number of carbonyl (C=O) groups is 1. The summed E-state index contributed by atoms with van der Waals surface area (Å²) in [5.41, 5.74) is 2.06. The molecule has 1 aromatic carbocycles. The van der Waals surface area contributed by atoms with Gasteiger partial charge >= 0.3 is 6.09 Å². The van der Waals surface area contributed by atoms with E-state index in [1.165, 1.54) is 0 Å². The predicted molar refractivity (Wildman–Crippen MR) is 84.4 cm³/mol. The van der Waals surface area contributed by atoms with Gasteiger partial charge in [0.15, 0.2) is 0 Å². The van der Waals surface area contributed by atoms with Gasteiger partial charge in [0.2, 0.25) is 0 Å². The summed E-state index contributed by atoms with van der Waals surface area (Å²) in [5, 5.41) is 0. The lowest BCUT2D eigenvalue weighted by molar-refractivity contribution is 0.00856. The Hall–Kier alpha value is -1.81. The molecular formula is C18H23NO3. The number of hydrogen-bond donors (Lipinski definition) is 0. The van der Waals surface area contributed by atoms with Crippen molar-refractivity contribution >= 4 is 6.09 Å². The molecule has 1 aliphatic heterocycles. The first kappa shape index (κ1) is 15.1. The Labute approximate surface area is 131 Å². The fraction of sp³-hybridized carbons (Fsp3) is 0.500. The molecule has 3 unspecified atom stereocenters. The lowest BCUT2D eigenvalue weighted by Crippen LogP contribution is -2.42. The minimum atomic E-state index is -0.199. The van der Waals surface area contributed by atoms with Crippen LogP contribution in [0, 0.1) is 5.92 Å². The highest BCUT2D eigenvalue weighted by Gasteiger charge is 2.52. The van der Waals surface area contributed by atoms with Crippen LogP contribution in [0.3, 0.4) is 0 Å². The van der Waals surface area contributed by atoms with Crippen molar-refractivity contribution in [1.29, 1.82) is 0 Å². The lowest BCUT2D eigenvalue weighted by atomic mass is 10.1. The van der Waals surface area contributed by atoms with Crippen LogP contribution in [-0.2, 0) is 16.1 Å². The maximum Gasteiger partial charge on any atom is 0.410 e. The van der Waals surface area contributed by atoms with Gasteiger partial charge in [0, 0.05) is 18.5 Å². The van der Waals surface area contributed by atoms with E-state index >= 15 is 0 Å². The highest BCUT2D eigenvalue weighted by Crippen LogP contribution is 2.45. The number of carbonyl (C=O) groups excluding carboxylic acids is 1. The van der Waals surface area contributed by atoms with Crippen LogP contribution in [0.1, 0.15) is 25.3 Å². The van der Waals surface area contributed by atoms with Crippen molar-refractivity contribution in [3.8, 4) is 0 Å². The van der Waals surface area contributed by atoms with E-state index in [9.17, 15) is 4.79 Å². The molecule has 1 amide bonds. The van der Waals surface area contributed by atoms with Gasteiger partial charge in [-0.15, -0.1) is 0 Å². The van der Waals surface area contributed by atoms with Crippen molar-refractivity contribution < 1.29 is 14.3 Å². The van der Waals surface area contributed by atoms with Crippen molar-refractivity contribution in [2.75, 3.05) is 13.2 Å². The third-order valence-corrected chi connectivity index (χ3v) is 4.32. The molecule has 3 atom stereocenters. The summed E-state index contributed by atoms with van der Waals surface area (Å²) in [6.45, 7) is 7.51. The molecule has 2 fully saturated rings. The smallest absolute Gasteiger partial charge is 0.410 e. The largest absolute Gasteiger partial charge is 0.445 e. The molecule has 3 rings (SSSR count). The second kappa shape index (κ2) is 6.53. The third kappa shape index (κ3) is 3.50. The molecule has 0 aromatic heterocycles. The van der Waals surface area contributed by atoms with Crippen LogP contribution in [-0.4, -0.2) is 36.3 Å². The molecule has 0 N–H and O–H groups in total. The fourth-order valence-corrected chi connectivity index (χ4v) is 3.09. The molecule has 1 heterocycles. The zero-order valence-corrected chi connectivity index (χ0v) is 13.0. The number of fused-ring (bicyclic) bond motifs is 1. The van der Waals surface area contributed by atoms with E-state index in [2.05, 4.69) is 6.58 Å². The lowest BCUT2D eigenvalue weighted by Gasteiger charge is -2.30. The minimum absolute atomic E-state index is 0.199. The monoisotopic (exact) mass is 301 g/mol. The highest BCUT2D eigenvalue weighted by molar-refractivity contribution is 5.69. The molecule has 2 aliphatic rings. The van der Waals surface area contributed by atoms with Gasteiger partial charge in [-0.1, -0.05) is 42.5 Å². The molecule has 0 spiro atoms. The number of piperidine rings is 1. The van der Waals surface area contributed by atoms with Crippen molar-refractivity contribution in [1.82, 2.24) is 4.90 Å². The first-order chi connectivity index (χ1) is 10.6. The average Bonchev–Trinajstić information content (AvgIpc) is 3.31. The molecule has 1 saturated heterocycles. The fourth-order valence-electron chi connectivity index (χ4n) is 3.09. The van der Waals surface area contributed by atoms with Gasteiger partial charge in [-0.3, -0.25) is 0 Å².